The van der Waals surface area contributed by atoms with Gasteiger partial charge in [0.25, 0.3) is 0 Å². The predicted octanol–water partition coefficient (Wildman–Crippen LogP) is 2.65. The molecular weight excluding hydrogens is 308 g/mol. The lowest BCUT2D eigenvalue weighted by molar-refractivity contribution is -0.143. The molecule has 2 aliphatic rings. The number of carboxylic acids is 1. The van der Waals surface area contributed by atoms with Gasteiger partial charge >= 0.3 is 12.0 Å². The lowest BCUT2D eigenvalue weighted by Crippen LogP contribution is -2.50. The molecule has 1 aromatic carbocycles. The molecule has 2 aliphatic heterocycles. The molecule has 24 heavy (non-hydrogen) atoms. The highest BCUT2D eigenvalue weighted by atomic mass is 16.5. The molecule has 0 aliphatic carbocycles. The van der Waals surface area contributed by atoms with Gasteiger partial charge in [-0.15, -0.1) is 0 Å². The molecule has 1 fully saturated rings. The van der Waals surface area contributed by atoms with E-state index in [1.165, 1.54) is 0 Å². The van der Waals surface area contributed by atoms with Crippen molar-refractivity contribution in [2.24, 2.45) is 11.8 Å². The van der Waals surface area contributed by atoms with Crippen molar-refractivity contribution in [1.29, 1.82) is 0 Å². The maximum atomic E-state index is 12.7. The molecule has 6 nitrogen and oxygen atoms in total. The summed E-state index contributed by atoms with van der Waals surface area (Å²) in [6.45, 7) is 4.84. The molecule has 0 bridgehead atoms. The highest BCUT2D eigenvalue weighted by Gasteiger charge is 2.34. The number of benzene rings is 1. The van der Waals surface area contributed by atoms with Crippen LogP contribution in [-0.4, -0.2) is 41.2 Å². The van der Waals surface area contributed by atoms with Crippen LogP contribution in [0.4, 0.5) is 4.79 Å². The van der Waals surface area contributed by atoms with Crippen molar-refractivity contribution in [3.63, 3.8) is 0 Å². The van der Waals surface area contributed by atoms with Crippen molar-refractivity contribution < 1.29 is 19.4 Å². The van der Waals surface area contributed by atoms with E-state index in [-0.39, 0.29) is 30.6 Å². The molecule has 0 spiro atoms. The summed E-state index contributed by atoms with van der Waals surface area (Å²) < 4.78 is 5.81. The molecule has 0 radical (unpaired) electrons. The van der Waals surface area contributed by atoms with Crippen LogP contribution < -0.4 is 10.1 Å². The van der Waals surface area contributed by atoms with E-state index >= 15 is 0 Å². The van der Waals surface area contributed by atoms with Crippen molar-refractivity contribution in [1.82, 2.24) is 10.2 Å². The Morgan fingerprint density at radius 3 is 2.71 bits per heavy atom. The summed E-state index contributed by atoms with van der Waals surface area (Å²) in [6.07, 6.45) is 1.35. The number of carbonyl (C=O) groups is 2. The average Bonchev–Trinajstić information content (AvgIpc) is 2.54. The molecule has 2 N–H and O–H groups in total. The van der Waals surface area contributed by atoms with Gasteiger partial charge in [0.1, 0.15) is 5.75 Å². The predicted molar refractivity (Wildman–Crippen MR) is 88.9 cm³/mol. The Hall–Kier alpha value is -2.24. The van der Waals surface area contributed by atoms with Crippen LogP contribution in [0.2, 0.25) is 0 Å². The number of hydrogen-bond donors (Lipinski definition) is 2. The van der Waals surface area contributed by atoms with E-state index in [2.05, 4.69) is 5.32 Å². The van der Waals surface area contributed by atoms with Gasteiger partial charge in [-0.3, -0.25) is 4.79 Å². The summed E-state index contributed by atoms with van der Waals surface area (Å²) in [6, 6.07) is 7.42. The number of urea groups is 1. The van der Waals surface area contributed by atoms with Gasteiger partial charge in [-0.25, -0.2) is 4.79 Å². The maximum absolute atomic E-state index is 12.7. The summed E-state index contributed by atoms with van der Waals surface area (Å²) in [7, 11) is 0. The van der Waals surface area contributed by atoms with Crippen LogP contribution in [0.25, 0.3) is 0 Å². The van der Waals surface area contributed by atoms with E-state index in [0.29, 0.717) is 19.4 Å². The first kappa shape index (κ1) is 16.6. The number of ether oxygens (including phenoxy) is 1. The molecule has 1 saturated heterocycles. The van der Waals surface area contributed by atoms with Crippen molar-refractivity contribution in [2.45, 2.75) is 38.8 Å². The SMILES string of the molecule is CC1CC(C(=O)O)CN(C(=O)N[C@@H]2C[C@@H](C)Oc3ccccc32)C1. The number of aliphatic carboxylic acids is 1. The average molecular weight is 332 g/mol. The number of carbonyl (C=O) groups excluding carboxylic acids is 1. The Balaban J connectivity index is 1.71. The van der Waals surface area contributed by atoms with E-state index in [1.807, 2.05) is 38.1 Å². The number of hydrogen-bond acceptors (Lipinski definition) is 3. The minimum Gasteiger partial charge on any atom is -0.490 e. The van der Waals surface area contributed by atoms with E-state index in [9.17, 15) is 14.7 Å². The quantitative estimate of drug-likeness (QED) is 0.873. The summed E-state index contributed by atoms with van der Waals surface area (Å²) in [5.41, 5.74) is 0.976. The molecule has 2 unspecified atom stereocenters. The van der Waals surface area contributed by atoms with Gasteiger partial charge in [-0.05, 0) is 25.3 Å². The zero-order valence-electron chi connectivity index (χ0n) is 14.1. The topological polar surface area (TPSA) is 78.9 Å². The maximum Gasteiger partial charge on any atom is 0.317 e. The largest absolute Gasteiger partial charge is 0.490 e. The van der Waals surface area contributed by atoms with Crippen LogP contribution in [0.5, 0.6) is 5.75 Å². The third kappa shape index (κ3) is 3.47. The monoisotopic (exact) mass is 332 g/mol. The zero-order chi connectivity index (χ0) is 17.3. The molecule has 3 rings (SSSR count). The number of carboxylic acid groups (broad SMARTS) is 1. The van der Waals surface area contributed by atoms with Crippen LogP contribution in [0.3, 0.4) is 0 Å². The molecule has 0 saturated carbocycles. The van der Waals surface area contributed by atoms with Gasteiger partial charge in [-0.1, -0.05) is 25.1 Å². The molecule has 6 heteroatoms. The number of piperidine rings is 1. The summed E-state index contributed by atoms with van der Waals surface area (Å²) >= 11 is 0. The Morgan fingerprint density at radius 1 is 1.21 bits per heavy atom. The van der Waals surface area contributed by atoms with Crippen molar-refractivity contribution in [3.05, 3.63) is 29.8 Å². The number of nitrogens with one attached hydrogen (secondary N) is 1. The van der Waals surface area contributed by atoms with Gasteiger partial charge in [0.05, 0.1) is 18.1 Å². The van der Waals surface area contributed by atoms with Crippen LogP contribution in [0, 0.1) is 11.8 Å². The fraction of sp³-hybridized carbons (Fsp3) is 0.556. The van der Waals surface area contributed by atoms with Gasteiger partial charge in [0.15, 0.2) is 0 Å². The Bertz CT molecular complexity index is 633. The molecular formula is C18H24N2O4. The lowest BCUT2D eigenvalue weighted by Gasteiger charge is -2.37. The lowest BCUT2D eigenvalue weighted by atomic mass is 9.90. The molecule has 1 aromatic rings. The summed E-state index contributed by atoms with van der Waals surface area (Å²) in [5, 5.41) is 12.3. The smallest absolute Gasteiger partial charge is 0.317 e. The Morgan fingerprint density at radius 2 is 1.96 bits per heavy atom. The first-order chi connectivity index (χ1) is 11.4. The number of likely N-dealkylation sites (tertiary alicyclic amines) is 1. The van der Waals surface area contributed by atoms with E-state index < -0.39 is 11.9 Å². The van der Waals surface area contributed by atoms with Crippen LogP contribution >= 0.6 is 0 Å². The number of rotatable bonds is 2. The number of para-hydroxylation sites is 1. The van der Waals surface area contributed by atoms with Gasteiger partial charge in [0, 0.05) is 25.1 Å². The van der Waals surface area contributed by atoms with E-state index in [4.69, 9.17) is 4.74 Å². The minimum atomic E-state index is -0.829. The van der Waals surface area contributed by atoms with Gasteiger partial charge < -0.3 is 20.1 Å². The van der Waals surface area contributed by atoms with E-state index in [1.54, 1.807) is 4.90 Å². The number of amides is 2. The number of nitrogens with zero attached hydrogens (tertiary/aromatic N) is 1. The second-order valence-corrected chi connectivity index (χ2v) is 6.99. The molecule has 2 heterocycles. The molecule has 0 aromatic heterocycles. The highest BCUT2D eigenvalue weighted by Crippen LogP contribution is 2.34. The zero-order valence-corrected chi connectivity index (χ0v) is 14.1. The standard InChI is InChI=1S/C18H24N2O4/c1-11-7-13(17(21)22)10-20(9-11)18(23)19-15-8-12(2)24-16-6-4-3-5-14(15)16/h3-6,11-13,15H,7-10H2,1-2H3,(H,19,23)(H,21,22)/t11?,12-,13?,15-/m1/s1. The normalized spacial score (nSPS) is 29.3. The highest BCUT2D eigenvalue weighted by molar-refractivity contribution is 5.77. The Kier molecular flexibility index (Phi) is 4.64. The molecule has 4 atom stereocenters. The third-order valence-corrected chi connectivity index (χ3v) is 4.78. The fourth-order valence-corrected chi connectivity index (χ4v) is 3.67. The number of fused-ring (bicyclic) bond motifs is 1. The summed E-state index contributed by atoms with van der Waals surface area (Å²) in [5.74, 6) is -0.326. The molecule has 2 amide bonds. The van der Waals surface area contributed by atoms with E-state index in [0.717, 1.165) is 11.3 Å². The van der Waals surface area contributed by atoms with Gasteiger partial charge in [-0.2, -0.15) is 0 Å². The molecule has 130 valence electrons. The van der Waals surface area contributed by atoms with Crippen LogP contribution in [0.1, 0.15) is 38.3 Å². The van der Waals surface area contributed by atoms with Crippen molar-refractivity contribution in [2.75, 3.05) is 13.1 Å². The third-order valence-electron chi connectivity index (χ3n) is 4.78. The first-order valence-corrected chi connectivity index (χ1v) is 8.48. The minimum absolute atomic E-state index is 0.0252. The van der Waals surface area contributed by atoms with Crippen LogP contribution in [-0.2, 0) is 4.79 Å². The fourth-order valence-electron chi connectivity index (χ4n) is 3.67. The van der Waals surface area contributed by atoms with Crippen LogP contribution in [0.15, 0.2) is 24.3 Å². The first-order valence-electron chi connectivity index (χ1n) is 8.48. The van der Waals surface area contributed by atoms with Crippen molar-refractivity contribution >= 4 is 12.0 Å². The second kappa shape index (κ2) is 6.71. The summed E-state index contributed by atoms with van der Waals surface area (Å²) in [4.78, 5) is 25.6. The van der Waals surface area contributed by atoms with Gasteiger partial charge in [0.2, 0.25) is 0 Å². The Labute approximate surface area is 141 Å². The van der Waals surface area contributed by atoms with Crippen molar-refractivity contribution in [3.8, 4) is 5.75 Å². The second-order valence-electron chi connectivity index (χ2n) is 6.99.